The molecule has 2 heterocycles. The monoisotopic (exact) mass is 219 g/mol. The Bertz CT molecular complexity index is 329. The van der Waals surface area contributed by atoms with Crippen LogP contribution < -0.4 is 10.6 Å². The Kier molecular flexibility index (Phi) is 3.88. The Labute approximate surface area is 95.5 Å². The van der Waals surface area contributed by atoms with Crippen molar-refractivity contribution in [3.05, 3.63) is 30.1 Å². The van der Waals surface area contributed by atoms with Crippen LogP contribution in [0.25, 0.3) is 0 Å². The molecule has 1 amide bonds. The maximum Gasteiger partial charge on any atom is 0.220 e. The number of nitrogens with zero attached hydrogens (tertiary/aromatic N) is 1. The van der Waals surface area contributed by atoms with Crippen molar-refractivity contribution in [3.8, 4) is 0 Å². The molecule has 1 atom stereocenters. The fraction of sp³-hybridized carbons (Fsp3) is 0.500. The van der Waals surface area contributed by atoms with Gasteiger partial charge in [-0.25, -0.2) is 0 Å². The molecule has 0 radical (unpaired) electrons. The van der Waals surface area contributed by atoms with Gasteiger partial charge in [-0.2, -0.15) is 0 Å². The number of rotatable bonds is 4. The Balaban J connectivity index is 1.67. The zero-order chi connectivity index (χ0) is 11.2. The molecule has 0 aromatic carbocycles. The molecule has 2 N–H and O–H groups in total. The zero-order valence-electron chi connectivity index (χ0n) is 9.28. The molecular weight excluding hydrogens is 202 g/mol. The van der Waals surface area contributed by atoms with Crippen LogP contribution in [0.4, 0.5) is 0 Å². The van der Waals surface area contributed by atoms with Crippen molar-refractivity contribution in [1.82, 2.24) is 15.6 Å². The van der Waals surface area contributed by atoms with Gasteiger partial charge in [0.2, 0.25) is 5.91 Å². The fourth-order valence-electron chi connectivity index (χ4n) is 1.86. The second kappa shape index (κ2) is 5.61. The van der Waals surface area contributed by atoms with Gasteiger partial charge in [0.15, 0.2) is 0 Å². The van der Waals surface area contributed by atoms with Crippen LogP contribution in [0.2, 0.25) is 0 Å². The largest absolute Gasteiger partial charge is 0.355 e. The number of pyridine rings is 1. The molecule has 0 aliphatic carbocycles. The smallest absolute Gasteiger partial charge is 0.220 e. The highest BCUT2D eigenvalue weighted by atomic mass is 16.1. The lowest BCUT2D eigenvalue weighted by Gasteiger charge is -2.23. The van der Waals surface area contributed by atoms with E-state index in [-0.39, 0.29) is 5.91 Å². The SMILES string of the molecule is O=C1CCC(NCCc2ccccn2)CN1. The third-order valence-corrected chi connectivity index (χ3v) is 2.81. The minimum atomic E-state index is 0.169. The molecule has 4 heteroatoms. The number of carbonyl (C=O) groups is 1. The molecule has 0 bridgehead atoms. The van der Waals surface area contributed by atoms with Gasteiger partial charge >= 0.3 is 0 Å². The summed E-state index contributed by atoms with van der Waals surface area (Å²) in [7, 11) is 0. The highest BCUT2D eigenvalue weighted by molar-refractivity contribution is 5.76. The number of aromatic nitrogens is 1. The van der Waals surface area contributed by atoms with E-state index in [9.17, 15) is 4.79 Å². The van der Waals surface area contributed by atoms with Gasteiger partial charge in [0.25, 0.3) is 0 Å². The van der Waals surface area contributed by atoms with E-state index in [0.717, 1.165) is 31.6 Å². The molecule has 86 valence electrons. The molecule has 4 nitrogen and oxygen atoms in total. The van der Waals surface area contributed by atoms with Crippen LogP contribution in [0.15, 0.2) is 24.4 Å². The Morgan fingerprint density at radius 2 is 2.44 bits per heavy atom. The van der Waals surface area contributed by atoms with Crippen LogP contribution >= 0.6 is 0 Å². The number of carbonyl (C=O) groups excluding carboxylic acids is 1. The topological polar surface area (TPSA) is 54.0 Å². The summed E-state index contributed by atoms with van der Waals surface area (Å²) in [4.78, 5) is 15.2. The van der Waals surface area contributed by atoms with Crippen molar-refractivity contribution in [2.24, 2.45) is 0 Å². The molecule has 1 fully saturated rings. The maximum absolute atomic E-state index is 11.0. The minimum absolute atomic E-state index is 0.169. The van der Waals surface area contributed by atoms with E-state index in [1.807, 2.05) is 24.4 Å². The van der Waals surface area contributed by atoms with Crippen molar-refractivity contribution in [3.63, 3.8) is 0 Å². The van der Waals surface area contributed by atoms with E-state index >= 15 is 0 Å². The van der Waals surface area contributed by atoms with Crippen molar-refractivity contribution in [1.29, 1.82) is 0 Å². The highest BCUT2D eigenvalue weighted by Crippen LogP contribution is 2.02. The third-order valence-electron chi connectivity index (χ3n) is 2.81. The average Bonchev–Trinajstić information content (AvgIpc) is 2.33. The number of hydrogen-bond acceptors (Lipinski definition) is 3. The lowest BCUT2D eigenvalue weighted by atomic mass is 10.1. The van der Waals surface area contributed by atoms with Crippen molar-refractivity contribution in [2.75, 3.05) is 13.1 Å². The average molecular weight is 219 g/mol. The van der Waals surface area contributed by atoms with Crippen LogP contribution in [0.5, 0.6) is 0 Å². The second-order valence-corrected chi connectivity index (χ2v) is 4.06. The molecule has 1 aromatic rings. The molecular formula is C12H17N3O. The highest BCUT2D eigenvalue weighted by Gasteiger charge is 2.16. The predicted octanol–water partition coefficient (Wildman–Crippen LogP) is 0.492. The van der Waals surface area contributed by atoms with E-state index in [4.69, 9.17) is 0 Å². The van der Waals surface area contributed by atoms with Gasteiger partial charge in [-0.1, -0.05) is 6.07 Å². The van der Waals surface area contributed by atoms with E-state index in [0.29, 0.717) is 12.5 Å². The van der Waals surface area contributed by atoms with Crippen molar-refractivity contribution < 1.29 is 4.79 Å². The van der Waals surface area contributed by atoms with Gasteiger partial charge in [0, 0.05) is 43.9 Å². The van der Waals surface area contributed by atoms with Crippen molar-refractivity contribution in [2.45, 2.75) is 25.3 Å². The van der Waals surface area contributed by atoms with Gasteiger partial charge in [-0.15, -0.1) is 0 Å². The lowest BCUT2D eigenvalue weighted by molar-refractivity contribution is -0.122. The number of piperidine rings is 1. The maximum atomic E-state index is 11.0. The number of nitrogens with one attached hydrogen (secondary N) is 2. The van der Waals surface area contributed by atoms with Crippen molar-refractivity contribution >= 4 is 5.91 Å². The standard InChI is InChI=1S/C12H17N3O/c16-12-5-4-11(9-15-12)14-8-6-10-3-1-2-7-13-10/h1-3,7,11,14H,4-6,8-9H2,(H,15,16). The number of hydrogen-bond donors (Lipinski definition) is 2. The summed E-state index contributed by atoms with van der Waals surface area (Å²) in [6, 6.07) is 6.38. The summed E-state index contributed by atoms with van der Waals surface area (Å²) >= 11 is 0. The summed E-state index contributed by atoms with van der Waals surface area (Å²) in [5, 5.41) is 6.30. The van der Waals surface area contributed by atoms with Gasteiger partial charge in [-0.05, 0) is 18.6 Å². The molecule has 0 spiro atoms. The summed E-state index contributed by atoms with van der Waals surface area (Å²) in [5.41, 5.74) is 1.11. The van der Waals surface area contributed by atoms with Crippen LogP contribution in [0, 0.1) is 0 Å². The summed E-state index contributed by atoms with van der Waals surface area (Å²) in [6.07, 6.45) is 4.33. The van der Waals surface area contributed by atoms with Gasteiger partial charge < -0.3 is 10.6 Å². The molecule has 1 aliphatic heterocycles. The zero-order valence-corrected chi connectivity index (χ0v) is 9.28. The first-order chi connectivity index (χ1) is 7.84. The van der Waals surface area contributed by atoms with Gasteiger partial charge in [-0.3, -0.25) is 9.78 Å². The predicted molar refractivity (Wildman–Crippen MR) is 62.0 cm³/mol. The normalized spacial score (nSPS) is 20.5. The lowest BCUT2D eigenvalue weighted by Crippen LogP contribution is -2.46. The number of amides is 1. The fourth-order valence-corrected chi connectivity index (χ4v) is 1.86. The molecule has 1 unspecified atom stereocenters. The summed E-state index contributed by atoms with van der Waals surface area (Å²) in [6.45, 7) is 1.67. The first kappa shape index (κ1) is 11.1. The van der Waals surface area contributed by atoms with Crippen LogP contribution in [-0.2, 0) is 11.2 Å². The molecule has 1 saturated heterocycles. The van der Waals surface area contributed by atoms with Crippen LogP contribution in [0.3, 0.4) is 0 Å². The molecule has 0 saturated carbocycles. The van der Waals surface area contributed by atoms with E-state index < -0.39 is 0 Å². The quantitative estimate of drug-likeness (QED) is 0.775. The van der Waals surface area contributed by atoms with E-state index in [1.165, 1.54) is 0 Å². The van der Waals surface area contributed by atoms with E-state index in [2.05, 4.69) is 15.6 Å². The first-order valence-electron chi connectivity index (χ1n) is 5.74. The van der Waals surface area contributed by atoms with Gasteiger partial charge in [0.1, 0.15) is 0 Å². The van der Waals surface area contributed by atoms with Crippen LogP contribution in [-0.4, -0.2) is 30.0 Å². The Morgan fingerprint density at radius 1 is 1.50 bits per heavy atom. The first-order valence-corrected chi connectivity index (χ1v) is 5.74. The van der Waals surface area contributed by atoms with Gasteiger partial charge in [0.05, 0.1) is 0 Å². The van der Waals surface area contributed by atoms with E-state index in [1.54, 1.807) is 0 Å². The molecule has 16 heavy (non-hydrogen) atoms. The third kappa shape index (κ3) is 3.31. The van der Waals surface area contributed by atoms with Crippen LogP contribution in [0.1, 0.15) is 18.5 Å². The summed E-state index contributed by atoms with van der Waals surface area (Å²) < 4.78 is 0. The second-order valence-electron chi connectivity index (χ2n) is 4.06. The Hall–Kier alpha value is -1.42. The Morgan fingerprint density at radius 3 is 3.12 bits per heavy atom. The minimum Gasteiger partial charge on any atom is -0.355 e. The molecule has 1 aromatic heterocycles. The molecule has 2 rings (SSSR count). The molecule has 1 aliphatic rings. The summed E-state index contributed by atoms with van der Waals surface area (Å²) in [5.74, 6) is 0.169.